The molecule has 7 heteroatoms. The van der Waals surface area contributed by atoms with E-state index in [2.05, 4.69) is 10.3 Å². The number of carbonyl (C=O) groups excluding carboxylic acids is 1. The lowest BCUT2D eigenvalue weighted by Crippen LogP contribution is -2.28. The molecule has 0 aliphatic rings. The highest BCUT2D eigenvalue weighted by Gasteiger charge is 2.21. The maximum absolute atomic E-state index is 13.0. The Bertz CT molecular complexity index is 1050. The summed E-state index contributed by atoms with van der Waals surface area (Å²) in [7, 11) is 0. The second-order valence-electron chi connectivity index (χ2n) is 6.60. The maximum Gasteiger partial charge on any atom is 0.262 e. The first-order valence-corrected chi connectivity index (χ1v) is 10.4. The van der Waals surface area contributed by atoms with E-state index >= 15 is 0 Å². The van der Waals surface area contributed by atoms with Gasteiger partial charge in [0.25, 0.3) is 5.56 Å². The zero-order chi connectivity index (χ0) is 20.3. The van der Waals surface area contributed by atoms with Crippen molar-refractivity contribution in [2.45, 2.75) is 43.6 Å². The largest absolute Gasteiger partial charge is 0.325 e. The maximum atomic E-state index is 13.0. The van der Waals surface area contributed by atoms with Crippen LogP contribution in [-0.2, 0) is 4.79 Å². The van der Waals surface area contributed by atoms with E-state index in [1.54, 1.807) is 41.8 Å². The Morgan fingerprint density at radius 3 is 2.54 bits per heavy atom. The fourth-order valence-electron chi connectivity index (χ4n) is 2.77. The summed E-state index contributed by atoms with van der Waals surface area (Å²) in [6.07, 6.45) is 0.791. The zero-order valence-electron chi connectivity index (χ0n) is 16.0. The fraction of sp³-hybridized carbons (Fsp3) is 0.286. The summed E-state index contributed by atoms with van der Waals surface area (Å²) in [6.45, 7) is 5.82. The van der Waals surface area contributed by atoms with Gasteiger partial charge in [-0.05, 0) is 56.7 Å². The van der Waals surface area contributed by atoms with Crippen molar-refractivity contribution in [2.24, 2.45) is 0 Å². The van der Waals surface area contributed by atoms with Gasteiger partial charge in [-0.1, -0.05) is 42.4 Å². The quantitative estimate of drug-likeness (QED) is 0.447. The summed E-state index contributed by atoms with van der Waals surface area (Å²) in [4.78, 5) is 30.3. The van der Waals surface area contributed by atoms with Gasteiger partial charge in [0.2, 0.25) is 5.91 Å². The fourth-order valence-corrected chi connectivity index (χ4v) is 3.90. The van der Waals surface area contributed by atoms with E-state index in [1.807, 2.05) is 32.0 Å². The molecule has 0 unspecified atom stereocenters. The van der Waals surface area contributed by atoms with Crippen LogP contribution in [0.1, 0.15) is 33.2 Å². The number of nitrogens with zero attached hydrogens (tertiary/aromatic N) is 2. The number of benzene rings is 2. The first kappa shape index (κ1) is 20.4. The number of rotatable bonds is 6. The Morgan fingerprint density at radius 2 is 1.86 bits per heavy atom. The summed E-state index contributed by atoms with van der Waals surface area (Å²) >= 11 is 7.17. The van der Waals surface area contributed by atoms with Crippen molar-refractivity contribution in [3.8, 4) is 0 Å². The predicted octanol–water partition coefficient (Wildman–Crippen LogP) is 5.14. The Hall–Kier alpha value is -2.31. The van der Waals surface area contributed by atoms with E-state index < -0.39 is 5.25 Å². The number of halogens is 1. The molecule has 0 fully saturated rings. The lowest BCUT2D eigenvalue weighted by atomic mass is 10.2. The second kappa shape index (κ2) is 8.80. The molecule has 0 saturated heterocycles. The van der Waals surface area contributed by atoms with Crippen LogP contribution < -0.4 is 10.9 Å². The number of carbonyl (C=O) groups is 1. The SMILES string of the molecule is CC[C@H](C)n1c(S[C@@H](C)C(=O)Nc2ccc(Cl)cc2)nc2ccccc2c1=O. The van der Waals surface area contributed by atoms with Crippen molar-refractivity contribution in [1.82, 2.24) is 9.55 Å². The average molecular weight is 416 g/mol. The predicted molar refractivity (Wildman–Crippen MR) is 116 cm³/mol. The third kappa shape index (κ3) is 4.39. The minimum Gasteiger partial charge on any atom is -0.325 e. The number of hydrogen-bond donors (Lipinski definition) is 1. The topological polar surface area (TPSA) is 64.0 Å². The van der Waals surface area contributed by atoms with Crippen molar-refractivity contribution in [1.29, 1.82) is 0 Å². The molecule has 28 heavy (non-hydrogen) atoms. The van der Waals surface area contributed by atoms with E-state index in [0.717, 1.165) is 6.42 Å². The molecule has 0 saturated carbocycles. The Labute approximate surface area is 173 Å². The van der Waals surface area contributed by atoms with Crippen LogP contribution in [0, 0.1) is 0 Å². The lowest BCUT2D eigenvalue weighted by molar-refractivity contribution is -0.115. The van der Waals surface area contributed by atoms with E-state index in [1.165, 1.54) is 11.8 Å². The molecule has 1 heterocycles. The molecule has 1 N–H and O–H groups in total. The molecule has 3 rings (SSSR count). The van der Waals surface area contributed by atoms with Gasteiger partial charge in [-0.25, -0.2) is 4.98 Å². The van der Waals surface area contributed by atoms with Crippen molar-refractivity contribution in [3.63, 3.8) is 0 Å². The molecule has 0 spiro atoms. The van der Waals surface area contributed by atoms with Crippen LogP contribution in [0.2, 0.25) is 5.02 Å². The summed E-state index contributed by atoms with van der Waals surface area (Å²) in [5.41, 5.74) is 1.24. The average Bonchev–Trinajstić information content (AvgIpc) is 2.69. The number of aromatic nitrogens is 2. The number of nitrogens with one attached hydrogen (secondary N) is 1. The van der Waals surface area contributed by atoms with Gasteiger partial charge in [0.1, 0.15) is 0 Å². The normalized spacial score (nSPS) is 13.3. The number of hydrogen-bond acceptors (Lipinski definition) is 4. The number of anilines is 1. The third-order valence-electron chi connectivity index (χ3n) is 4.57. The monoisotopic (exact) mass is 415 g/mol. The lowest BCUT2D eigenvalue weighted by Gasteiger charge is -2.20. The zero-order valence-corrected chi connectivity index (χ0v) is 17.6. The summed E-state index contributed by atoms with van der Waals surface area (Å²) < 4.78 is 1.69. The van der Waals surface area contributed by atoms with Gasteiger partial charge in [-0.3, -0.25) is 14.2 Å². The van der Waals surface area contributed by atoms with E-state index in [4.69, 9.17) is 11.6 Å². The Balaban J connectivity index is 1.90. The number of thioether (sulfide) groups is 1. The molecule has 1 aromatic heterocycles. The molecule has 0 aliphatic heterocycles. The van der Waals surface area contributed by atoms with Crippen LogP contribution in [0.15, 0.2) is 58.5 Å². The van der Waals surface area contributed by atoms with Crippen LogP contribution in [0.25, 0.3) is 10.9 Å². The molecule has 0 radical (unpaired) electrons. The summed E-state index contributed by atoms with van der Waals surface area (Å²) in [5, 5.41) is 4.19. The van der Waals surface area contributed by atoms with Crippen LogP contribution in [0.4, 0.5) is 5.69 Å². The molecule has 5 nitrogen and oxygen atoms in total. The minimum absolute atomic E-state index is 0.0152. The van der Waals surface area contributed by atoms with Crippen molar-refractivity contribution >= 4 is 45.9 Å². The van der Waals surface area contributed by atoms with Crippen LogP contribution in [-0.4, -0.2) is 20.7 Å². The van der Waals surface area contributed by atoms with Gasteiger partial charge in [-0.15, -0.1) is 0 Å². The molecule has 3 aromatic rings. The minimum atomic E-state index is -0.431. The molecule has 0 aliphatic carbocycles. The third-order valence-corrected chi connectivity index (χ3v) is 5.89. The van der Waals surface area contributed by atoms with Gasteiger partial charge in [0.15, 0.2) is 5.16 Å². The second-order valence-corrected chi connectivity index (χ2v) is 8.34. The van der Waals surface area contributed by atoms with E-state index in [-0.39, 0.29) is 17.5 Å². The Morgan fingerprint density at radius 1 is 1.18 bits per heavy atom. The van der Waals surface area contributed by atoms with Crippen molar-refractivity contribution in [3.05, 3.63) is 63.9 Å². The number of para-hydroxylation sites is 1. The smallest absolute Gasteiger partial charge is 0.262 e. The molecular formula is C21H22ClN3O2S. The first-order chi connectivity index (χ1) is 13.4. The molecule has 0 bridgehead atoms. The molecule has 2 aromatic carbocycles. The summed E-state index contributed by atoms with van der Waals surface area (Å²) in [6, 6.07) is 14.2. The van der Waals surface area contributed by atoms with Gasteiger partial charge in [-0.2, -0.15) is 0 Å². The summed E-state index contributed by atoms with van der Waals surface area (Å²) in [5.74, 6) is -0.162. The van der Waals surface area contributed by atoms with Crippen molar-refractivity contribution < 1.29 is 4.79 Å². The molecule has 146 valence electrons. The van der Waals surface area contributed by atoms with Crippen LogP contribution >= 0.6 is 23.4 Å². The van der Waals surface area contributed by atoms with E-state index in [0.29, 0.717) is 26.8 Å². The highest BCUT2D eigenvalue weighted by Crippen LogP contribution is 2.26. The number of fused-ring (bicyclic) bond motifs is 1. The van der Waals surface area contributed by atoms with Gasteiger partial charge in [0.05, 0.1) is 16.2 Å². The van der Waals surface area contributed by atoms with Crippen LogP contribution in [0.3, 0.4) is 0 Å². The van der Waals surface area contributed by atoms with Gasteiger partial charge >= 0.3 is 0 Å². The van der Waals surface area contributed by atoms with E-state index in [9.17, 15) is 9.59 Å². The van der Waals surface area contributed by atoms with Gasteiger partial charge in [0, 0.05) is 16.8 Å². The van der Waals surface area contributed by atoms with Crippen molar-refractivity contribution in [2.75, 3.05) is 5.32 Å². The molecule has 2 atom stereocenters. The standard InChI is InChI=1S/C21H22ClN3O2S/c1-4-13(2)25-20(27)17-7-5-6-8-18(17)24-21(25)28-14(3)19(26)23-16-11-9-15(22)10-12-16/h5-14H,4H2,1-3H3,(H,23,26)/t13-,14-/m0/s1. The molecular weight excluding hydrogens is 394 g/mol. The first-order valence-electron chi connectivity index (χ1n) is 9.15. The Kier molecular flexibility index (Phi) is 6.42. The molecule has 1 amide bonds. The van der Waals surface area contributed by atoms with Crippen LogP contribution in [0.5, 0.6) is 0 Å². The highest BCUT2D eigenvalue weighted by atomic mass is 35.5. The number of amides is 1. The van der Waals surface area contributed by atoms with Gasteiger partial charge < -0.3 is 5.32 Å². The highest BCUT2D eigenvalue weighted by molar-refractivity contribution is 8.00.